The van der Waals surface area contributed by atoms with Crippen molar-refractivity contribution in [3.05, 3.63) is 29.8 Å². The molecule has 0 unspecified atom stereocenters. The molecule has 1 heterocycles. The number of nitrogens with zero attached hydrogens (tertiary/aromatic N) is 1. The molecule has 0 radical (unpaired) electrons. The number of hydrogen-bond donors (Lipinski definition) is 1. The van der Waals surface area contributed by atoms with Gasteiger partial charge in [0.1, 0.15) is 5.75 Å². The molecule has 2 rings (SSSR count). The Morgan fingerprint density at radius 2 is 2.12 bits per heavy atom. The van der Waals surface area contributed by atoms with Gasteiger partial charge in [-0.1, -0.05) is 12.1 Å². The predicted molar refractivity (Wildman–Crippen MR) is 70.0 cm³/mol. The minimum Gasteiger partial charge on any atom is -0.497 e. The van der Waals surface area contributed by atoms with Crippen LogP contribution in [0, 0.1) is 5.92 Å². The van der Waals surface area contributed by atoms with Crippen LogP contribution >= 0.6 is 0 Å². The zero-order valence-electron chi connectivity index (χ0n) is 10.6. The lowest BCUT2D eigenvalue weighted by molar-refractivity contribution is 0.180. The summed E-state index contributed by atoms with van der Waals surface area (Å²) in [5, 5.41) is 0. The van der Waals surface area contributed by atoms with Crippen LogP contribution in [0.5, 0.6) is 5.75 Å². The Morgan fingerprint density at radius 3 is 2.76 bits per heavy atom. The van der Waals surface area contributed by atoms with E-state index in [4.69, 9.17) is 10.5 Å². The monoisotopic (exact) mass is 234 g/mol. The molecule has 3 nitrogen and oxygen atoms in total. The van der Waals surface area contributed by atoms with E-state index in [1.54, 1.807) is 7.11 Å². The minimum atomic E-state index is 0.733. The van der Waals surface area contributed by atoms with Crippen molar-refractivity contribution in [2.75, 3.05) is 26.7 Å². The van der Waals surface area contributed by atoms with E-state index in [2.05, 4.69) is 23.1 Å². The average Bonchev–Trinajstić information content (AvgIpc) is 2.40. The molecule has 1 aliphatic heterocycles. The Kier molecular flexibility index (Phi) is 4.40. The molecule has 2 N–H and O–H groups in total. The topological polar surface area (TPSA) is 38.5 Å². The van der Waals surface area contributed by atoms with Crippen LogP contribution in [-0.2, 0) is 6.54 Å². The number of piperidine rings is 1. The fraction of sp³-hybridized carbons (Fsp3) is 0.571. The molecule has 0 bridgehead atoms. The molecule has 1 fully saturated rings. The van der Waals surface area contributed by atoms with Crippen molar-refractivity contribution < 1.29 is 4.74 Å². The number of likely N-dealkylation sites (tertiary alicyclic amines) is 1. The van der Waals surface area contributed by atoms with Crippen molar-refractivity contribution >= 4 is 0 Å². The fourth-order valence-electron chi connectivity index (χ4n) is 2.41. The maximum absolute atomic E-state index is 5.70. The van der Waals surface area contributed by atoms with Crippen LogP contribution in [0.4, 0.5) is 0 Å². The van der Waals surface area contributed by atoms with E-state index in [9.17, 15) is 0 Å². The Morgan fingerprint density at radius 1 is 1.35 bits per heavy atom. The van der Waals surface area contributed by atoms with Crippen LogP contribution in [0.2, 0.25) is 0 Å². The fourth-order valence-corrected chi connectivity index (χ4v) is 2.41. The summed E-state index contributed by atoms with van der Waals surface area (Å²) in [5.74, 6) is 1.68. The van der Waals surface area contributed by atoms with Gasteiger partial charge in [-0.25, -0.2) is 0 Å². The standard InChI is InChI=1S/C14H22N2O/c1-17-14-4-2-3-13(9-14)11-16-7-5-12(10-15)6-8-16/h2-4,9,12H,5-8,10-11,15H2,1H3. The zero-order valence-corrected chi connectivity index (χ0v) is 10.6. The van der Waals surface area contributed by atoms with Crippen molar-refractivity contribution in [1.29, 1.82) is 0 Å². The average molecular weight is 234 g/mol. The lowest BCUT2D eigenvalue weighted by Gasteiger charge is -2.31. The van der Waals surface area contributed by atoms with E-state index in [1.165, 1.54) is 31.5 Å². The molecular weight excluding hydrogens is 212 g/mol. The van der Waals surface area contributed by atoms with Crippen LogP contribution in [0.25, 0.3) is 0 Å². The van der Waals surface area contributed by atoms with E-state index in [-0.39, 0.29) is 0 Å². The predicted octanol–water partition coefficient (Wildman–Crippen LogP) is 1.87. The van der Waals surface area contributed by atoms with Gasteiger partial charge in [0.05, 0.1) is 7.11 Å². The van der Waals surface area contributed by atoms with Crippen LogP contribution in [0.1, 0.15) is 18.4 Å². The van der Waals surface area contributed by atoms with E-state index in [0.717, 1.165) is 24.8 Å². The summed E-state index contributed by atoms with van der Waals surface area (Å²) in [4.78, 5) is 2.50. The molecule has 94 valence electrons. The molecule has 1 aromatic carbocycles. The molecule has 17 heavy (non-hydrogen) atoms. The summed E-state index contributed by atoms with van der Waals surface area (Å²) in [6, 6.07) is 8.33. The molecule has 3 heteroatoms. The molecule has 0 spiro atoms. The maximum atomic E-state index is 5.70. The smallest absolute Gasteiger partial charge is 0.119 e. The molecule has 0 aliphatic carbocycles. The first-order valence-corrected chi connectivity index (χ1v) is 6.37. The van der Waals surface area contributed by atoms with Gasteiger partial charge in [-0.2, -0.15) is 0 Å². The highest BCUT2D eigenvalue weighted by Crippen LogP contribution is 2.19. The van der Waals surface area contributed by atoms with Gasteiger partial charge < -0.3 is 10.5 Å². The number of hydrogen-bond acceptors (Lipinski definition) is 3. The van der Waals surface area contributed by atoms with Crippen molar-refractivity contribution in [1.82, 2.24) is 4.90 Å². The highest BCUT2D eigenvalue weighted by atomic mass is 16.5. The third kappa shape index (κ3) is 3.45. The van der Waals surface area contributed by atoms with Crippen LogP contribution in [0.3, 0.4) is 0 Å². The van der Waals surface area contributed by atoms with Gasteiger partial charge in [-0.15, -0.1) is 0 Å². The number of benzene rings is 1. The van der Waals surface area contributed by atoms with E-state index in [0.29, 0.717) is 0 Å². The SMILES string of the molecule is COc1cccc(CN2CCC(CN)CC2)c1. The summed E-state index contributed by atoms with van der Waals surface area (Å²) < 4.78 is 5.24. The summed E-state index contributed by atoms with van der Waals surface area (Å²) >= 11 is 0. The molecule has 0 atom stereocenters. The van der Waals surface area contributed by atoms with Gasteiger partial charge in [0.25, 0.3) is 0 Å². The third-order valence-corrected chi connectivity index (χ3v) is 3.58. The Balaban J connectivity index is 1.88. The molecule has 0 amide bonds. The second kappa shape index (κ2) is 6.03. The number of rotatable bonds is 4. The van der Waals surface area contributed by atoms with Crippen molar-refractivity contribution in [2.24, 2.45) is 11.7 Å². The van der Waals surface area contributed by atoms with Crippen LogP contribution in [-0.4, -0.2) is 31.6 Å². The zero-order chi connectivity index (χ0) is 12.1. The number of nitrogens with two attached hydrogens (primary N) is 1. The molecular formula is C14H22N2O. The maximum Gasteiger partial charge on any atom is 0.119 e. The van der Waals surface area contributed by atoms with Gasteiger partial charge in [-0.3, -0.25) is 4.90 Å². The molecule has 0 saturated carbocycles. The molecule has 1 aromatic rings. The quantitative estimate of drug-likeness (QED) is 0.864. The van der Waals surface area contributed by atoms with Crippen LogP contribution < -0.4 is 10.5 Å². The third-order valence-electron chi connectivity index (χ3n) is 3.58. The Labute approximate surface area is 104 Å². The highest BCUT2D eigenvalue weighted by molar-refractivity contribution is 5.28. The summed E-state index contributed by atoms with van der Waals surface area (Å²) in [6.07, 6.45) is 2.47. The van der Waals surface area contributed by atoms with E-state index in [1.807, 2.05) is 6.07 Å². The first kappa shape index (κ1) is 12.4. The molecule has 0 aromatic heterocycles. The van der Waals surface area contributed by atoms with Crippen molar-refractivity contribution in [3.8, 4) is 5.75 Å². The van der Waals surface area contributed by atoms with Crippen molar-refractivity contribution in [2.45, 2.75) is 19.4 Å². The van der Waals surface area contributed by atoms with Gasteiger partial charge in [0, 0.05) is 6.54 Å². The van der Waals surface area contributed by atoms with Gasteiger partial charge in [0.2, 0.25) is 0 Å². The molecule has 1 saturated heterocycles. The second-order valence-electron chi connectivity index (χ2n) is 4.81. The Hall–Kier alpha value is -1.06. The van der Waals surface area contributed by atoms with Crippen molar-refractivity contribution in [3.63, 3.8) is 0 Å². The minimum absolute atomic E-state index is 0.733. The van der Waals surface area contributed by atoms with E-state index >= 15 is 0 Å². The van der Waals surface area contributed by atoms with Gasteiger partial charge in [-0.05, 0) is 56.1 Å². The Bertz CT molecular complexity index is 346. The second-order valence-corrected chi connectivity index (χ2v) is 4.81. The van der Waals surface area contributed by atoms with Gasteiger partial charge >= 0.3 is 0 Å². The van der Waals surface area contributed by atoms with E-state index < -0.39 is 0 Å². The lowest BCUT2D eigenvalue weighted by atomic mass is 9.97. The largest absolute Gasteiger partial charge is 0.497 e. The normalized spacial score (nSPS) is 18.2. The summed E-state index contributed by atoms with van der Waals surface area (Å²) in [7, 11) is 1.71. The molecule has 1 aliphatic rings. The lowest BCUT2D eigenvalue weighted by Crippen LogP contribution is -2.35. The first-order valence-electron chi connectivity index (χ1n) is 6.37. The summed E-state index contributed by atoms with van der Waals surface area (Å²) in [5.41, 5.74) is 7.03. The van der Waals surface area contributed by atoms with Gasteiger partial charge in [0.15, 0.2) is 0 Å². The number of ether oxygens (including phenoxy) is 1. The first-order chi connectivity index (χ1) is 8.31. The number of methoxy groups -OCH3 is 1. The summed E-state index contributed by atoms with van der Waals surface area (Å²) in [6.45, 7) is 4.19. The highest BCUT2D eigenvalue weighted by Gasteiger charge is 2.17. The van der Waals surface area contributed by atoms with Crippen LogP contribution in [0.15, 0.2) is 24.3 Å².